The molecule has 0 bridgehead atoms. The Morgan fingerprint density at radius 3 is 2.51 bits per heavy atom. The molecule has 4 aliphatic rings. The molecule has 0 aromatic heterocycles. The van der Waals surface area contributed by atoms with Crippen molar-refractivity contribution in [1.82, 2.24) is 15.1 Å². The van der Waals surface area contributed by atoms with Gasteiger partial charge in [0, 0.05) is 50.6 Å². The summed E-state index contributed by atoms with van der Waals surface area (Å²) in [6.45, 7) is 6.54. The van der Waals surface area contributed by atoms with E-state index in [0.717, 1.165) is 51.6 Å². The van der Waals surface area contributed by atoms with Crippen LogP contribution in [0.25, 0.3) is 0 Å². The average Bonchev–Trinajstić information content (AvgIpc) is 3.37. The van der Waals surface area contributed by atoms with E-state index in [4.69, 9.17) is 4.74 Å². The van der Waals surface area contributed by atoms with E-state index < -0.39 is 0 Å². The average molecular weight is 487 g/mol. The third kappa shape index (κ3) is 6.98. The van der Waals surface area contributed by atoms with Gasteiger partial charge in [-0.05, 0) is 37.5 Å². The third-order valence-electron chi connectivity index (χ3n) is 9.20. The molecule has 3 unspecified atom stereocenters. The van der Waals surface area contributed by atoms with Crippen molar-refractivity contribution >= 4 is 11.8 Å². The van der Waals surface area contributed by atoms with Crippen LogP contribution in [0.15, 0.2) is 0 Å². The van der Waals surface area contributed by atoms with Crippen LogP contribution in [0.4, 0.5) is 0 Å². The highest BCUT2D eigenvalue weighted by atomic mass is 16.5. The molecule has 0 aromatic carbocycles. The number of rotatable bonds is 8. The topological polar surface area (TPSA) is 85.7 Å². The van der Waals surface area contributed by atoms with Crippen LogP contribution in [0.5, 0.6) is 0 Å². The normalized spacial score (nSPS) is 31.6. The van der Waals surface area contributed by atoms with Crippen molar-refractivity contribution < 1.29 is 14.3 Å². The number of likely N-dealkylation sites (tertiary alicyclic amines) is 1. The SMILES string of the molecule is CCC1C(N2CCC(NC(=O)[C@@H](CC(=O)N3CCOCC3)CC3CCCCC3)C2)CCC[C@@H]1C#N. The molecule has 7 heteroatoms. The van der Waals surface area contributed by atoms with Crippen molar-refractivity contribution in [2.75, 3.05) is 39.4 Å². The summed E-state index contributed by atoms with van der Waals surface area (Å²) in [7, 11) is 0. The summed E-state index contributed by atoms with van der Waals surface area (Å²) in [5, 5.41) is 13.0. The maximum absolute atomic E-state index is 13.5. The molecule has 2 saturated heterocycles. The van der Waals surface area contributed by atoms with Gasteiger partial charge < -0.3 is 15.0 Å². The summed E-state index contributed by atoms with van der Waals surface area (Å²) in [5.74, 6) is 1.12. The van der Waals surface area contributed by atoms with E-state index in [-0.39, 0.29) is 29.7 Å². The Bertz CT molecular complexity index is 741. The lowest BCUT2D eigenvalue weighted by molar-refractivity contribution is -0.140. The molecule has 2 aliphatic heterocycles. The second kappa shape index (κ2) is 13.1. The molecule has 0 radical (unpaired) electrons. The van der Waals surface area contributed by atoms with E-state index in [1.54, 1.807) is 0 Å². The molecular weight excluding hydrogens is 440 g/mol. The van der Waals surface area contributed by atoms with Crippen molar-refractivity contribution in [3.8, 4) is 6.07 Å². The summed E-state index contributed by atoms with van der Waals surface area (Å²) in [4.78, 5) is 31.0. The van der Waals surface area contributed by atoms with Crippen LogP contribution in [0.1, 0.15) is 84.0 Å². The predicted octanol–water partition coefficient (Wildman–Crippen LogP) is 3.73. The number of nitriles is 1. The molecule has 4 rings (SSSR count). The highest BCUT2D eigenvalue weighted by Gasteiger charge is 2.39. The minimum Gasteiger partial charge on any atom is -0.378 e. The third-order valence-corrected chi connectivity index (χ3v) is 9.20. The van der Waals surface area contributed by atoms with Crippen LogP contribution in [0.3, 0.4) is 0 Å². The van der Waals surface area contributed by atoms with Crippen molar-refractivity contribution in [2.24, 2.45) is 23.7 Å². The maximum atomic E-state index is 13.5. The Labute approximate surface area is 211 Å². The van der Waals surface area contributed by atoms with Crippen LogP contribution in [0, 0.1) is 35.0 Å². The summed E-state index contributed by atoms with van der Waals surface area (Å²) < 4.78 is 5.41. The lowest BCUT2D eigenvalue weighted by Crippen LogP contribution is -2.47. The minimum absolute atomic E-state index is 0.0784. The van der Waals surface area contributed by atoms with Gasteiger partial charge in [0.15, 0.2) is 0 Å². The molecule has 0 spiro atoms. The van der Waals surface area contributed by atoms with Crippen molar-refractivity contribution in [2.45, 2.75) is 96.1 Å². The number of carbonyl (C=O) groups is 2. The van der Waals surface area contributed by atoms with Gasteiger partial charge in [-0.25, -0.2) is 0 Å². The van der Waals surface area contributed by atoms with E-state index in [9.17, 15) is 14.9 Å². The number of morpholine rings is 1. The molecule has 4 fully saturated rings. The Morgan fingerprint density at radius 2 is 1.80 bits per heavy atom. The number of ether oxygens (including phenoxy) is 1. The Balaban J connectivity index is 1.35. The van der Waals surface area contributed by atoms with Crippen LogP contribution in [-0.2, 0) is 14.3 Å². The zero-order valence-corrected chi connectivity index (χ0v) is 21.8. The van der Waals surface area contributed by atoms with E-state index >= 15 is 0 Å². The van der Waals surface area contributed by atoms with Gasteiger partial charge >= 0.3 is 0 Å². The molecule has 2 aliphatic carbocycles. The van der Waals surface area contributed by atoms with Crippen LogP contribution in [0.2, 0.25) is 0 Å². The van der Waals surface area contributed by atoms with Crippen LogP contribution in [-0.4, -0.2) is 73.1 Å². The fourth-order valence-corrected chi connectivity index (χ4v) is 7.20. The fourth-order valence-electron chi connectivity index (χ4n) is 7.20. The lowest BCUT2D eigenvalue weighted by atomic mass is 9.74. The highest BCUT2D eigenvalue weighted by molar-refractivity contribution is 5.86. The van der Waals surface area contributed by atoms with Gasteiger partial charge in [-0.3, -0.25) is 14.5 Å². The second-order valence-corrected chi connectivity index (χ2v) is 11.4. The minimum atomic E-state index is -0.233. The molecule has 0 aromatic rings. The summed E-state index contributed by atoms with van der Waals surface area (Å²) in [5.41, 5.74) is 0. The van der Waals surface area contributed by atoms with E-state index in [1.807, 2.05) is 4.90 Å². The largest absolute Gasteiger partial charge is 0.378 e. The maximum Gasteiger partial charge on any atom is 0.223 e. The standard InChI is InChI=1S/C28H46N4O3/c1-2-25-22(19-29)9-6-10-26(25)32-12-11-24(20-32)30-28(34)23(17-21-7-4-3-5-8-21)18-27(33)31-13-15-35-16-14-31/h21-26H,2-18,20H2,1H3,(H,30,34)/t22-,23-,24?,25?,26?/m1/s1. The first-order valence-corrected chi connectivity index (χ1v) is 14.4. The van der Waals surface area contributed by atoms with Crippen LogP contribution < -0.4 is 5.32 Å². The van der Waals surface area contributed by atoms with E-state index in [0.29, 0.717) is 50.6 Å². The molecule has 2 saturated carbocycles. The van der Waals surface area contributed by atoms with Gasteiger partial charge in [0.05, 0.1) is 25.2 Å². The fraction of sp³-hybridized carbons (Fsp3) is 0.893. The summed E-state index contributed by atoms with van der Waals surface area (Å²) in [6.07, 6.45) is 12.6. The molecular formula is C28H46N4O3. The molecule has 35 heavy (non-hydrogen) atoms. The van der Waals surface area contributed by atoms with Crippen LogP contribution >= 0.6 is 0 Å². The van der Waals surface area contributed by atoms with Crippen molar-refractivity contribution in [1.29, 1.82) is 5.26 Å². The number of carbonyl (C=O) groups excluding carboxylic acids is 2. The Morgan fingerprint density at radius 1 is 1.03 bits per heavy atom. The molecule has 196 valence electrons. The van der Waals surface area contributed by atoms with E-state index in [1.165, 1.54) is 32.1 Å². The first kappa shape index (κ1) is 26.4. The predicted molar refractivity (Wildman–Crippen MR) is 135 cm³/mol. The monoisotopic (exact) mass is 486 g/mol. The van der Waals surface area contributed by atoms with Crippen molar-refractivity contribution in [3.05, 3.63) is 0 Å². The van der Waals surface area contributed by atoms with Gasteiger partial charge in [0.1, 0.15) is 0 Å². The second-order valence-electron chi connectivity index (χ2n) is 11.4. The lowest BCUT2D eigenvalue weighted by Gasteiger charge is -2.40. The molecule has 2 amide bonds. The smallest absolute Gasteiger partial charge is 0.223 e. The summed E-state index contributed by atoms with van der Waals surface area (Å²) in [6, 6.07) is 3.17. The molecule has 5 atom stereocenters. The molecule has 7 nitrogen and oxygen atoms in total. The van der Waals surface area contributed by atoms with Gasteiger partial charge in [-0.1, -0.05) is 51.9 Å². The quantitative estimate of drug-likeness (QED) is 0.565. The number of hydrogen-bond acceptors (Lipinski definition) is 5. The van der Waals surface area contributed by atoms with Gasteiger partial charge in [0.25, 0.3) is 0 Å². The van der Waals surface area contributed by atoms with Gasteiger partial charge in [0.2, 0.25) is 11.8 Å². The summed E-state index contributed by atoms with van der Waals surface area (Å²) >= 11 is 0. The van der Waals surface area contributed by atoms with Gasteiger partial charge in [-0.15, -0.1) is 0 Å². The number of amides is 2. The van der Waals surface area contributed by atoms with Gasteiger partial charge in [-0.2, -0.15) is 5.26 Å². The highest BCUT2D eigenvalue weighted by Crippen LogP contribution is 2.37. The van der Waals surface area contributed by atoms with Crippen molar-refractivity contribution in [3.63, 3.8) is 0 Å². The number of nitrogens with one attached hydrogen (secondary N) is 1. The van der Waals surface area contributed by atoms with E-state index in [2.05, 4.69) is 23.2 Å². The number of hydrogen-bond donors (Lipinski definition) is 1. The zero-order chi connectivity index (χ0) is 24.6. The zero-order valence-electron chi connectivity index (χ0n) is 21.8. The first-order chi connectivity index (χ1) is 17.1. The molecule has 2 heterocycles. The first-order valence-electron chi connectivity index (χ1n) is 14.4. The molecule has 1 N–H and O–H groups in total. The Kier molecular flexibility index (Phi) is 9.85. The Hall–Kier alpha value is -1.65. The number of nitrogens with zero attached hydrogens (tertiary/aromatic N) is 3.